The van der Waals surface area contributed by atoms with Crippen molar-refractivity contribution in [1.29, 1.82) is 0 Å². The third-order valence-corrected chi connectivity index (χ3v) is 4.88. The van der Waals surface area contributed by atoms with Crippen LogP contribution < -0.4 is 5.32 Å². The van der Waals surface area contributed by atoms with Crippen LogP contribution in [0.4, 0.5) is 0 Å². The third-order valence-electron chi connectivity index (χ3n) is 4.88. The van der Waals surface area contributed by atoms with Crippen LogP contribution in [-0.2, 0) is 0 Å². The lowest BCUT2D eigenvalue weighted by Crippen LogP contribution is -2.37. The molecule has 2 saturated heterocycles. The van der Waals surface area contributed by atoms with Gasteiger partial charge < -0.3 is 15.1 Å². The molecule has 118 valence electrons. The van der Waals surface area contributed by atoms with Crippen molar-refractivity contribution in [3.63, 3.8) is 0 Å². The van der Waals surface area contributed by atoms with Gasteiger partial charge in [-0.15, -0.1) is 0 Å². The van der Waals surface area contributed by atoms with Crippen LogP contribution >= 0.6 is 0 Å². The van der Waals surface area contributed by atoms with Crippen LogP contribution in [0.25, 0.3) is 0 Å². The van der Waals surface area contributed by atoms with Crippen molar-refractivity contribution in [2.75, 3.05) is 45.8 Å². The Balaban J connectivity index is 1.60. The maximum atomic E-state index is 3.84. The Morgan fingerprint density at radius 1 is 1.00 bits per heavy atom. The molecule has 2 atom stereocenters. The van der Waals surface area contributed by atoms with E-state index in [0.717, 1.165) is 12.0 Å². The molecule has 0 amide bonds. The number of hydrogen-bond acceptors (Lipinski definition) is 3. The predicted molar refractivity (Wildman–Crippen MR) is 87.2 cm³/mol. The Kier molecular flexibility index (Phi) is 7.32. The largest absolute Gasteiger partial charge is 0.314 e. The van der Waals surface area contributed by atoms with Crippen LogP contribution in [0.3, 0.4) is 0 Å². The summed E-state index contributed by atoms with van der Waals surface area (Å²) in [6.45, 7) is 13.8. The number of likely N-dealkylation sites (tertiary alicyclic amines) is 2. The van der Waals surface area contributed by atoms with Gasteiger partial charge >= 0.3 is 0 Å². The van der Waals surface area contributed by atoms with E-state index in [1.165, 1.54) is 84.3 Å². The van der Waals surface area contributed by atoms with E-state index < -0.39 is 0 Å². The van der Waals surface area contributed by atoms with Gasteiger partial charge in [0.25, 0.3) is 0 Å². The van der Waals surface area contributed by atoms with Crippen molar-refractivity contribution in [2.45, 2.75) is 58.4 Å². The van der Waals surface area contributed by atoms with Gasteiger partial charge in [0.2, 0.25) is 0 Å². The van der Waals surface area contributed by atoms with Crippen molar-refractivity contribution < 1.29 is 0 Å². The molecule has 0 spiro atoms. The molecule has 2 aliphatic heterocycles. The summed E-state index contributed by atoms with van der Waals surface area (Å²) in [6, 6.07) is 0.762. The maximum absolute atomic E-state index is 3.84. The van der Waals surface area contributed by atoms with Crippen LogP contribution in [0.5, 0.6) is 0 Å². The second-order valence-electron chi connectivity index (χ2n) is 6.99. The minimum Gasteiger partial charge on any atom is -0.314 e. The first kappa shape index (κ1) is 16.3. The second-order valence-corrected chi connectivity index (χ2v) is 6.99. The fourth-order valence-corrected chi connectivity index (χ4v) is 3.74. The van der Waals surface area contributed by atoms with Crippen molar-refractivity contribution in [3.05, 3.63) is 0 Å². The number of rotatable bonds is 7. The molecule has 0 aromatic carbocycles. The van der Waals surface area contributed by atoms with Crippen LogP contribution in [-0.4, -0.2) is 61.7 Å². The Morgan fingerprint density at radius 3 is 2.50 bits per heavy atom. The lowest BCUT2D eigenvalue weighted by atomic mass is 10.1. The standard InChI is InChI=1S/C17H35N3/c1-3-9-19-12-6-7-17(8-13-19)18-14-16(2)15-20-10-4-5-11-20/h16-18H,3-15H2,1-2H3. The van der Waals surface area contributed by atoms with Gasteiger partial charge in [-0.2, -0.15) is 0 Å². The predicted octanol–water partition coefficient (Wildman–Crippen LogP) is 2.57. The summed E-state index contributed by atoms with van der Waals surface area (Å²) in [6.07, 6.45) is 8.21. The van der Waals surface area contributed by atoms with E-state index >= 15 is 0 Å². The zero-order valence-corrected chi connectivity index (χ0v) is 13.7. The monoisotopic (exact) mass is 281 g/mol. The highest BCUT2D eigenvalue weighted by molar-refractivity contribution is 4.77. The minimum atomic E-state index is 0.762. The topological polar surface area (TPSA) is 18.5 Å². The van der Waals surface area contributed by atoms with E-state index in [4.69, 9.17) is 0 Å². The summed E-state index contributed by atoms with van der Waals surface area (Å²) in [4.78, 5) is 5.29. The first-order valence-electron chi connectivity index (χ1n) is 8.96. The molecule has 2 fully saturated rings. The maximum Gasteiger partial charge on any atom is 0.00798 e. The smallest absolute Gasteiger partial charge is 0.00798 e. The van der Waals surface area contributed by atoms with E-state index in [1.807, 2.05) is 0 Å². The van der Waals surface area contributed by atoms with Gasteiger partial charge in [-0.05, 0) is 83.7 Å². The average molecular weight is 281 g/mol. The molecule has 2 aliphatic rings. The van der Waals surface area contributed by atoms with Gasteiger partial charge in [-0.3, -0.25) is 0 Å². The number of nitrogens with one attached hydrogen (secondary N) is 1. The van der Waals surface area contributed by atoms with Crippen molar-refractivity contribution in [2.24, 2.45) is 5.92 Å². The van der Waals surface area contributed by atoms with Crippen LogP contribution in [0.15, 0.2) is 0 Å². The fraction of sp³-hybridized carbons (Fsp3) is 1.00. The van der Waals surface area contributed by atoms with Crippen molar-refractivity contribution >= 4 is 0 Å². The van der Waals surface area contributed by atoms with Gasteiger partial charge in [0.05, 0.1) is 0 Å². The van der Waals surface area contributed by atoms with E-state index in [1.54, 1.807) is 0 Å². The van der Waals surface area contributed by atoms with Crippen LogP contribution in [0, 0.1) is 5.92 Å². The molecule has 0 radical (unpaired) electrons. The van der Waals surface area contributed by atoms with Gasteiger partial charge in [-0.1, -0.05) is 13.8 Å². The Hall–Kier alpha value is -0.120. The average Bonchev–Trinajstić information content (AvgIpc) is 2.83. The molecule has 3 heteroatoms. The van der Waals surface area contributed by atoms with Crippen LogP contribution in [0.2, 0.25) is 0 Å². The zero-order valence-electron chi connectivity index (χ0n) is 13.7. The molecular weight excluding hydrogens is 246 g/mol. The highest BCUT2D eigenvalue weighted by Gasteiger charge is 2.18. The van der Waals surface area contributed by atoms with Crippen molar-refractivity contribution in [3.8, 4) is 0 Å². The SMILES string of the molecule is CCCN1CCCC(NCC(C)CN2CCCC2)CC1. The molecule has 1 N–H and O–H groups in total. The first-order chi connectivity index (χ1) is 9.78. The van der Waals surface area contributed by atoms with Gasteiger partial charge in [0, 0.05) is 12.6 Å². The summed E-state index contributed by atoms with van der Waals surface area (Å²) in [5, 5.41) is 3.84. The van der Waals surface area contributed by atoms with Gasteiger partial charge in [0.15, 0.2) is 0 Å². The quantitative estimate of drug-likeness (QED) is 0.774. The number of hydrogen-bond donors (Lipinski definition) is 1. The molecule has 3 nitrogen and oxygen atoms in total. The molecule has 20 heavy (non-hydrogen) atoms. The molecule has 0 aromatic rings. The molecule has 2 rings (SSSR count). The third kappa shape index (κ3) is 5.71. The van der Waals surface area contributed by atoms with Crippen molar-refractivity contribution in [1.82, 2.24) is 15.1 Å². The molecule has 0 bridgehead atoms. The Labute approximate surface area is 126 Å². The second kappa shape index (κ2) is 9.01. The molecule has 2 heterocycles. The van der Waals surface area contributed by atoms with Gasteiger partial charge in [0.1, 0.15) is 0 Å². The summed E-state index contributed by atoms with van der Waals surface area (Å²) in [5.41, 5.74) is 0. The Bertz CT molecular complexity index is 251. The lowest BCUT2D eigenvalue weighted by Gasteiger charge is -2.23. The fourth-order valence-electron chi connectivity index (χ4n) is 3.74. The van der Waals surface area contributed by atoms with Gasteiger partial charge in [-0.25, -0.2) is 0 Å². The highest BCUT2D eigenvalue weighted by atomic mass is 15.1. The van der Waals surface area contributed by atoms with E-state index in [-0.39, 0.29) is 0 Å². The molecule has 0 aromatic heterocycles. The molecule has 2 unspecified atom stereocenters. The van der Waals surface area contributed by atoms with Crippen LogP contribution in [0.1, 0.15) is 52.4 Å². The zero-order chi connectivity index (χ0) is 14.2. The normalized spacial score (nSPS) is 27.6. The lowest BCUT2D eigenvalue weighted by molar-refractivity contribution is 0.269. The minimum absolute atomic E-state index is 0.762. The Morgan fingerprint density at radius 2 is 1.75 bits per heavy atom. The summed E-state index contributed by atoms with van der Waals surface area (Å²) >= 11 is 0. The van der Waals surface area contributed by atoms with E-state index in [2.05, 4.69) is 29.0 Å². The highest BCUT2D eigenvalue weighted by Crippen LogP contribution is 2.13. The van der Waals surface area contributed by atoms with E-state index in [9.17, 15) is 0 Å². The summed E-state index contributed by atoms with van der Waals surface area (Å²) < 4.78 is 0. The summed E-state index contributed by atoms with van der Waals surface area (Å²) in [7, 11) is 0. The first-order valence-corrected chi connectivity index (χ1v) is 8.96. The summed E-state index contributed by atoms with van der Waals surface area (Å²) in [5.74, 6) is 0.795. The molecular formula is C17H35N3. The molecule has 0 aliphatic carbocycles. The number of nitrogens with zero attached hydrogens (tertiary/aromatic N) is 2. The molecule has 0 saturated carbocycles. The van der Waals surface area contributed by atoms with E-state index in [0.29, 0.717) is 0 Å².